The first-order valence-electron chi connectivity index (χ1n) is 7.76. The van der Waals surface area contributed by atoms with Crippen LogP contribution < -0.4 is 5.32 Å². The SMILES string of the molecule is Cc1ccccc1-c1ccc(C(O)CC[C@H]2CCC(=O)N2)o1. The molecule has 0 aliphatic carbocycles. The summed E-state index contributed by atoms with van der Waals surface area (Å²) in [4.78, 5) is 11.2. The van der Waals surface area contributed by atoms with Gasteiger partial charge in [0.2, 0.25) is 5.91 Å². The molecule has 22 heavy (non-hydrogen) atoms. The third-order valence-electron chi connectivity index (χ3n) is 4.24. The molecule has 0 bridgehead atoms. The lowest BCUT2D eigenvalue weighted by Crippen LogP contribution is -2.25. The van der Waals surface area contributed by atoms with E-state index in [9.17, 15) is 9.90 Å². The summed E-state index contributed by atoms with van der Waals surface area (Å²) in [7, 11) is 0. The van der Waals surface area contributed by atoms with E-state index in [0.29, 0.717) is 18.6 Å². The molecule has 1 aromatic carbocycles. The summed E-state index contributed by atoms with van der Waals surface area (Å²) < 4.78 is 5.81. The molecule has 0 radical (unpaired) electrons. The van der Waals surface area contributed by atoms with Gasteiger partial charge in [-0.3, -0.25) is 4.79 Å². The van der Waals surface area contributed by atoms with Gasteiger partial charge < -0.3 is 14.8 Å². The van der Waals surface area contributed by atoms with Crippen LogP contribution in [0.5, 0.6) is 0 Å². The largest absolute Gasteiger partial charge is 0.458 e. The maximum atomic E-state index is 11.2. The number of hydrogen-bond acceptors (Lipinski definition) is 3. The Labute approximate surface area is 130 Å². The molecule has 1 fully saturated rings. The normalized spacial score (nSPS) is 19.2. The molecule has 1 aliphatic rings. The van der Waals surface area contributed by atoms with Crippen molar-refractivity contribution in [1.82, 2.24) is 5.32 Å². The van der Waals surface area contributed by atoms with Gasteiger partial charge in [0, 0.05) is 18.0 Å². The van der Waals surface area contributed by atoms with Crippen LogP contribution >= 0.6 is 0 Å². The van der Waals surface area contributed by atoms with E-state index in [1.807, 2.05) is 43.3 Å². The second-order valence-electron chi connectivity index (χ2n) is 5.91. The van der Waals surface area contributed by atoms with Crippen LogP contribution in [0.3, 0.4) is 0 Å². The summed E-state index contributed by atoms with van der Waals surface area (Å²) in [5, 5.41) is 13.2. The van der Waals surface area contributed by atoms with Crippen LogP contribution in [0.25, 0.3) is 11.3 Å². The van der Waals surface area contributed by atoms with E-state index in [0.717, 1.165) is 29.7 Å². The van der Waals surface area contributed by atoms with Gasteiger partial charge in [-0.1, -0.05) is 24.3 Å². The Morgan fingerprint density at radius 2 is 2.14 bits per heavy atom. The van der Waals surface area contributed by atoms with Crippen molar-refractivity contribution in [3.05, 3.63) is 47.7 Å². The van der Waals surface area contributed by atoms with E-state index in [1.54, 1.807) is 0 Å². The summed E-state index contributed by atoms with van der Waals surface area (Å²) in [5.74, 6) is 1.48. The van der Waals surface area contributed by atoms with Crippen LogP contribution in [-0.2, 0) is 4.79 Å². The molecule has 1 amide bonds. The highest BCUT2D eigenvalue weighted by Crippen LogP contribution is 2.29. The summed E-state index contributed by atoms with van der Waals surface area (Å²) >= 11 is 0. The topological polar surface area (TPSA) is 62.5 Å². The Morgan fingerprint density at radius 1 is 1.32 bits per heavy atom. The fraction of sp³-hybridized carbons (Fsp3) is 0.389. The van der Waals surface area contributed by atoms with Crippen LogP contribution in [0.2, 0.25) is 0 Å². The van der Waals surface area contributed by atoms with Crippen LogP contribution in [0.4, 0.5) is 0 Å². The Morgan fingerprint density at radius 3 is 2.86 bits per heavy atom. The van der Waals surface area contributed by atoms with Gasteiger partial charge >= 0.3 is 0 Å². The van der Waals surface area contributed by atoms with E-state index in [1.165, 1.54) is 0 Å². The number of nitrogens with one attached hydrogen (secondary N) is 1. The molecule has 0 spiro atoms. The first-order chi connectivity index (χ1) is 10.6. The molecule has 1 aliphatic heterocycles. The van der Waals surface area contributed by atoms with Gasteiger partial charge in [-0.05, 0) is 43.9 Å². The number of benzene rings is 1. The first-order valence-corrected chi connectivity index (χ1v) is 7.76. The van der Waals surface area contributed by atoms with Gasteiger partial charge in [0.1, 0.15) is 17.6 Å². The number of amides is 1. The van der Waals surface area contributed by atoms with Gasteiger partial charge in [0.25, 0.3) is 0 Å². The number of carbonyl (C=O) groups is 1. The third-order valence-corrected chi connectivity index (χ3v) is 4.24. The second-order valence-corrected chi connectivity index (χ2v) is 5.91. The zero-order valence-electron chi connectivity index (χ0n) is 12.7. The van der Waals surface area contributed by atoms with Crippen molar-refractivity contribution in [3.8, 4) is 11.3 Å². The lowest BCUT2D eigenvalue weighted by atomic mass is 10.1. The Balaban J connectivity index is 1.63. The molecule has 3 rings (SSSR count). The Hall–Kier alpha value is -2.07. The predicted octanol–water partition coefficient (Wildman–Crippen LogP) is 3.35. The van der Waals surface area contributed by atoms with Crippen molar-refractivity contribution in [1.29, 1.82) is 0 Å². The minimum Gasteiger partial charge on any atom is -0.458 e. The third kappa shape index (κ3) is 3.22. The summed E-state index contributed by atoms with van der Waals surface area (Å²) in [5.41, 5.74) is 2.19. The van der Waals surface area contributed by atoms with E-state index < -0.39 is 6.10 Å². The lowest BCUT2D eigenvalue weighted by Gasteiger charge is -2.12. The molecule has 1 aromatic heterocycles. The lowest BCUT2D eigenvalue weighted by molar-refractivity contribution is -0.119. The maximum Gasteiger partial charge on any atom is 0.220 e. The summed E-state index contributed by atoms with van der Waals surface area (Å²) in [6.07, 6.45) is 2.19. The number of aliphatic hydroxyl groups excluding tert-OH is 1. The summed E-state index contributed by atoms with van der Waals surface area (Å²) in [6, 6.07) is 11.9. The van der Waals surface area contributed by atoms with E-state index in [2.05, 4.69) is 5.32 Å². The van der Waals surface area contributed by atoms with Crippen LogP contribution in [0, 0.1) is 6.92 Å². The predicted molar refractivity (Wildman–Crippen MR) is 84.2 cm³/mol. The zero-order valence-corrected chi connectivity index (χ0v) is 12.7. The molecule has 4 heteroatoms. The molecule has 116 valence electrons. The molecular weight excluding hydrogens is 278 g/mol. The standard InChI is InChI=1S/C18H21NO3/c1-12-4-2-3-5-14(12)16-9-10-17(22-16)15(20)8-6-13-7-11-18(21)19-13/h2-5,9-10,13,15,20H,6-8,11H2,1H3,(H,19,21)/t13-,15?/m0/s1. The monoisotopic (exact) mass is 299 g/mol. The molecule has 1 unspecified atom stereocenters. The highest BCUT2D eigenvalue weighted by atomic mass is 16.4. The van der Waals surface area contributed by atoms with Crippen molar-refractivity contribution >= 4 is 5.91 Å². The van der Waals surface area contributed by atoms with Crippen molar-refractivity contribution in [3.63, 3.8) is 0 Å². The molecule has 2 atom stereocenters. The van der Waals surface area contributed by atoms with Gasteiger partial charge in [-0.2, -0.15) is 0 Å². The molecule has 4 nitrogen and oxygen atoms in total. The Kier molecular flexibility index (Phi) is 4.29. The van der Waals surface area contributed by atoms with Crippen molar-refractivity contribution in [2.75, 3.05) is 0 Å². The molecule has 2 N–H and O–H groups in total. The van der Waals surface area contributed by atoms with Gasteiger partial charge in [-0.15, -0.1) is 0 Å². The smallest absolute Gasteiger partial charge is 0.220 e. The highest BCUT2D eigenvalue weighted by Gasteiger charge is 2.22. The van der Waals surface area contributed by atoms with E-state index in [-0.39, 0.29) is 11.9 Å². The minimum absolute atomic E-state index is 0.110. The fourth-order valence-corrected chi connectivity index (χ4v) is 2.92. The highest BCUT2D eigenvalue weighted by molar-refractivity contribution is 5.78. The Bertz CT molecular complexity index is 662. The number of rotatable bonds is 5. The number of aliphatic hydroxyl groups is 1. The number of carbonyl (C=O) groups excluding carboxylic acids is 1. The molecule has 2 heterocycles. The second kappa shape index (κ2) is 6.36. The van der Waals surface area contributed by atoms with Gasteiger partial charge in [-0.25, -0.2) is 0 Å². The van der Waals surface area contributed by atoms with Crippen LogP contribution in [-0.4, -0.2) is 17.1 Å². The van der Waals surface area contributed by atoms with E-state index >= 15 is 0 Å². The first kappa shape index (κ1) is 14.9. The maximum absolute atomic E-state index is 11.2. The molecular formula is C18H21NO3. The quantitative estimate of drug-likeness (QED) is 0.890. The molecule has 2 aromatic rings. The van der Waals surface area contributed by atoms with E-state index in [4.69, 9.17) is 4.42 Å². The average molecular weight is 299 g/mol. The zero-order chi connectivity index (χ0) is 15.5. The van der Waals surface area contributed by atoms with Crippen molar-refractivity contribution < 1.29 is 14.3 Å². The summed E-state index contributed by atoms with van der Waals surface area (Å²) in [6.45, 7) is 2.04. The van der Waals surface area contributed by atoms with Gasteiger partial charge in [0.05, 0.1) is 0 Å². The van der Waals surface area contributed by atoms with Crippen molar-refractivity contribution in [2.24, 2.45) is 0 Å². The molecule has 1 saturated heterocycles. The average Bonchev–Trinajstić information content (AvgIpc) is 3.14. The molecule has 0 saturated carbocycles. The van der Waals surface area contributed by atoms with Crippen LogP contribution in [0.15, 0.2) is 40.8 Å². The fourth-order valence-electron chi connectivity index (χ4n) is 2.92. The minimum atomic E-state index is -0.629. The number of furan rings is 1. The van der Waals surface area contributed by atoms with Crippen molar-refractivity contribution in [2.45, 2.75) is 44.8 Å². The number of hydrogen-bond donors (Lipinski definition) is 2. The van der Waals surface area contributed by atoms with Crippen LogP contribution in [0.1, 0.15) is 43.1 Å². The van der Waals surface area contributed by atoms with Gasteiger partial charge in [0.15, 0.2) is 0 Å². The number of aryl methyl sites for hydroxylation is 1.